The zero-order valence-corrected chi connectivity index (χ0v) is 12.1. The van der Waals surface area contributed by atoms with Gasteiger partial charge in [0.25, 0.3) is 10.2 Å². The van der Waals surface area contributed by atoms with Gasteiger partial charge in [-0.3, -0.25) is 0 Å². The molecule has 0 rings (SSSR count). The van der Waals surface area contributed by atoms with Gasteiger partial charge in [-0.05, 0) is 38.5 Å². The maximum atomic E-state index is 11.1. The summed E-state index contributed by atoms with van der Waals surface area (Å²) in [6, 6.07) is 0. The van der Waals surface area contributed by atoms with Crippen molar-refractivity contribution < 1.29 is 34.1 Å². The van der Waals surface area contributed by atoms with Crippen LogP contribution in [0.15, 0.2) is 0 Å². The normalized spacial score (nSPS) is 9.82. The lowest BCUT2D eigenvalue weighted by molar-refractivity contribution is -0.757. The van der Waals surface area contributed by atoms with Crippen LogP contribution in [0.4, 0.5) is 4.79 Å². The average Bonchev–Trinajstić information content (AvgIpc) is 2.44. The Hall–Kier alpha value is -2.33. The molecule has 0 radical (unpaired) electrons. The Kier molecular flexibility index (Phi) is 12.2. The molecule has 0 aromatic heterocycles. The summed E-state index contributed by atoms with van der Waals surface area (Å²) in [7, 11) is 0. The van der Waals surface area contributed by atoms with Crippen LogP contribution in [0.5, 0.6) is 0 Å². The molecule has 0 saturated carbocycles. The molecular formula is C11H20N2O9. The quantitative estimate of drug-likeness (QED) is 0.203. The SMILES string of the molecule is O=C(OCCCCCO[N+](=O)[O-])OCCCCCO[N+](=O)[O-]. The van der Waals surface area contributed by atoms with Crippen LogP contribution >= 0.6 is 0 Å². The molecule has 0 bridgehead atoms. The van der Waals surface area contributed by atoms with Gasteiger partial charge in [0.15, 0.2) is 0 Å². The summed E-state index contributed by atoms with van der Waals surface area (Å²) in [6.45, 7) is 0.400. The van der Waals surface area contributed by atoms with Crippen LogP contribution in [-0.2, 0) is 19.1 Å². The van der Waals surface area contributed by atoms with Gasteiger partial charge in [0, 0.05) is 0 Å². The van der Waals surface area contributed by atoms with Gasteiger partial charge < -0.3 is 19.1 Å². The summed E-state index contributed by atoms with van der Waals surface area (Å²) in [5.74, 6) is 0. The Morgan fingerprint density at radius 2 is 1.05 bits per heavy atom. The van der Waals surface area contributed by atoms with Crippen molar-refractivity contribution in [2.75, 3.05) is 26.4 Å². The van der Waals surface area contributed by atoms with Crippen molar-refractivity contribution in [1.29, 1.82) is 0 Å². The minimum absolute atomic E-state index is 0.0254. The predicted octanol–water partition coefficient (Wildman–Crippen LogP) is 1.90. The Bertz CT molecular complexity index is 308. The summed E-state index contributed by atoms with van der Waals surface area (Å²) in [4.78, 5) is 39.1. The lowest BCUT2D eigenvalue weighted by atomic mass is 10.2. The van der Waals surface area contributed by atoms with Gasteiger partial charge in [-0.2, -0.15) is 0 Å². The highest BCUT2D eigenvalue weighted by molar-refractivity contribution is 5.59. The largest absolute Gasteiger partial charge is 0.508 e. The minimum Gasteiger partial charge on any atom is -0.434 e. The molecule has 0 aromatic rings. The Balaban J connectivity index is 3.23. The van der Waals surface area contributed by atoms with Crippen LogP contribution in [-0.4, -0.2) is 42.8 Å². The maximum absolute atomic E-state index is 11.1. The summed E-state index contributed by atoms with van der Waals surface area (Å²) in [5, 5.41) is 18.0. The Morgan fingerprint density at radius 1 is 0.682 bits per heavy atom. The van der Waals surface area contributed by atoms with Crippen molar-refractivity contribution >= 4 is 6.16 Å². The molecular weight excluding hydrogens is 304 g/mol. The molecule has 128 valence electrons. The smallest absolute Gasteiger partial charge is 0.434 e. The van der Waals surface area contributed by atoms with Crippen LogP contribution in [0, 0.1) is 20.2 Å². The van der Waals surface area contributed by atoms with E-state index >= 15 is 0 Å². The number of nitrogens with zero attached hydrogens (tertiary/aromatic N) is 2. The number of rotatable bonds is 14. The number of hydrogen-bond donors (Lipinski definition) is 0. The van der Waals surface area contributed by atoms with E-state index in [1.165, 1.54) is 0 Å². The number of hydrogen-bond acceptors (Lipinski definition) is 9. The highest BCUT2D eigenvalue weighted by Gasteiger charge is 2.03. The minimum atomic E-state index is -0.850. The fraction of sp³-hybridized carbons (Fsp3) is 0.909. The van der Waals surface area contributed by atoms with Crippen LogP contribution in [0.2, 0.25) is 0 Å². The number of unbranched alkanes of at least 4 members (excludes halogenated alkanes) is 4. The van der Waals surface area contributed by atoms with Gasteiger partial charge in [-0.1, -0.05) is 0 Å². The third kappa shape index (κ3) is 15.7. The number of carbonyl (C=O) groups is 1. The fourth-order valence-corrected chi connectivity index (χ4v) is 1.39. The lowest BCUT2D eigenvalue weighted by Gasteiger charge is -2.06. The molecule has 0 aliphatic carbocycles. The third-order valence-corrected chi connectivity index (χ3v) is 2.41. The standard InChI is InChI=1S/C11H20N2O9/c14-11(19-7-3-1-5-9-21-12(15)16)20-8-4-2-6-10-22-13(17)18/h1-10H2. The van der Waals surface area contributed by atoms with Gasteiger partial charge in [-0.25, -0.2) is 4.79 Å². The van der Waals surface area contributed by atoms with Crippen LogP contribution < -0.4 is 0 Å². The summed E-state index contributed by atoms with van der Waals surface area (Å²) in [6.07, 6.45) is 2.64. The first-order valence-electron chi connectivity index (χ1n) is 6.86. The molecule has 0 atom stereocenters. The summed E-state index contributed by atoms with van der Waals surface area (Å²) in [5.41, 5.74) is 0. The van der Waals surface area contributed by atoms with Crippen LogP contribution in [0.1, 0.15) is 38.5 Å². The number of ether oxygens (including phenoxy) is 2. The summed E-state index contributed by atoms with van der Waals surface area (Å²) < 4.78 is 9.56. The van der Waals surface area contributed by atoms with Crippen molar-refractivity contribution in [3.05, 3.63) is 20.2 Å². The second kappa shape index (κ2) is 13.6. The van der Waals surface area contributed by atoms with Gasteiger partial charge in [0.2, 0.25) is 0 Å². The molecule has 0 heterocycles. The zero-order chi connectivity index (χ0) is 16.6. The molecule has 11 heteroatoms. The van der Waals surface area contributed by atoms with Crippen molar-refractivity contribution in [3.63, 3.8) is 0 Å². The molecule has 0 aliphatic rings. The van der Waals surface area contributed by atoms with E-state index in [1.54, 1.807) is 0 Å². The van der Waals surface area contributed by atoms with Gasteiger partial charge in [0.05, 0.1) is 26.4 Å². The Labute approximate surface area is 126 Å². The first-order valence-corrected chi connectivity index (χ1v) is 6.86. The van der Waals surface area contributed by atoms with E-state index in [0.717, 1.165) is 0 Å². The molecule has 0 N–H and O–H groups in total. The van der Waals surface area contributed by atoms with Crippen LogP contribution in [0.25, 0.3) is 0 Å². The van der Waals surface area contributed by atoms with Gasteiger partial charge in [0.1, 0.15) is 0 Å². The van der Waals surface area contributed by atoms with Gasteiger partial charge in [-0.15, -0.1) is 20.2 Å². The molecule has 0 amide bonds. The van der Waals surface area contributed by atoms with Crippen LogP contribution in [0.3, 0.4) is 0 Å². The van der Waals surface area contributed by atoms with E-state index in [-0.39, 0.29) is 26.4 Å². The molecule has 0 spiro atoms. The third-order valence-electron chi connectivity index (χ3n) is 2.41. The van der Waals surface area contributed by atoms with Crippen molar-refractivity contribution in [1.82, 2.24) is 0 Å². The van der Waals surface area contributed by atoms with E-state index in [4.69, 9.17) is 9.47 Å². The maximum Gasteiger partial charge on any atom is 0.508 e. The monoisotopic (exact) mass is 324 g/mol. The molecule has 0 saturated heterocycles. The average molecular weight is 324 g/mol. The molecule has 11 nitrogen and oxygen atoms in total. The van der Waals surface area contributed by atoms with Crippen molar-refractivity contribution in [2.45, 2.75) is 38.5 Å². The van der Waals surface area contributed by atoms with Crippen molar-refractivity contribution in [2.24, 2.45) is 0 Å². The lowest BCUT2D eigenvalue weighted by Crippen LogP contribution is -2.10. The van der Waals surface area contributed by atoms with E-state index in [9.17, 15) is 25.0 Å². The van der Waals surface area contributed by atoms with Gasteiger partial charge >= 0.3 is 6.16 Å². The molecule has 0 aliphatic heterocycles. The van der Waals surface area contributed by atoms with E-state index in [1.807, 2.05) is 0 Å². The molecule has 22 heavy (non-hydrogen) atoms. The highest BCUT2D eigenvalue weighted by atomic mass is 17.0. The molecule has 0 fully saturated rings. The molecule has 0 aromatic carbocycles. The molecule has 0 unspecified atom stereocenters. The second-order valence-corrected chi connectivity index (χ2v) is 4.18. The number of carbonyl (C=O) groups excluding carboxylic acids is 1. The Morgan fingerprint density at radius 3 is 1.41 bits per heavy atom. The first kappa shape index (κ1) is 19.7. The van der Waals surface area contributed by atoms with E-state index in [2.05, 4.69) is 9.68 Å². The van der Waals surface area contributed by atoms with E-state index in [0.29, 0.717) is 38.5 Å². The predicted molar refractivity (Wildman–Crippen MR) is 70.9 cm³/mol. The first-order chi connectivity index (χ1) is 10.5. The summed E-state index contributed by atoms with van der Waals surface area (Å²) >= 11 is 0. The van der Waals surface area contributed by atoms with Crippen molar-refractivity contribution in [3.8, 4) is 0 Å². The van der Waals surface area contributed by atoms with E-state index < -0.39 is 16.3 Å². The zero-order valence-electron chi connectivity index (χ0n) is 12.1. The highest BCUT2D eigenvalue weighted by Crippen LogP contribution is 2.00. The topological polar surface area (TPSA) is 140 Å². The second-order valence-electron chi connectivity index (χ2n) is 4.18. The fourth-order valence-electron chi connectivity index (χ4n) is 1.39.